The smallest absolute Gasteiger partial charge is 0.0619 e. The normalized spacial score (nSPS) is 12.4. The molecule has 28 aromatic carbocycles. The molecule has 0 saturated heterocycles. The van der Waals surface area contributed by atoms with Crippen LogP contribution in [0.1, 0.15) is 0 Å². The molecule has 34 aromatic rings. The third kappa shape index (κ3) is 11.6. The van der Waals surface area contributed by atoms with Gasteiger partial charge in [0.1, 0.15) is 0 Å². The Morgan fingerprint density at radius 2 is 0.452 bits per heavy atom. The summed E-state index contributed by atoms with van der Waals surface area (Å²) in [5.41, 5.74) is 24.0. The van der Waals surface area contributed by atoms with E-state index in [1.165, 1.54) is 328 Å². The molecule has 6 heterocycles. The zero-order valence-electron chi connectivity index (χ0n) is 78.7. The van der Waals surface area contributed by atoms with E-state index in [2.05, 4.69) is 493 Å². The fraction of sp³-hybridized carbons (Fsp3) is 0. The lowest BCUT2D eigenvalue weighted by Gasteiger charge is -2.19. The number of benzene rings is 28. The minimum atomic E-state index is 1.20. The van der Waals surface area contributed by atoms with Crippen molar-refractivity contribution in [1.29, 1.82) is 0 Å². The lowest BCUT2D eigenvalue weighted by Crippen LogP contribution is -1.98. The molecule has 0 bridgehead atoms. The number of rotatable bonds is 6. The Hall–Kier alpha value is -18.1. The van der Waals surface area contributed by atoms with Crippen LogP contribution in [0.3, 0.4) is 0 Å². The van der Waals surface area contributed by atoms with E-state index < -0.39 is 0 Å². The molecular formula is C140H79N3S3. The highest BCUT2D eigenvalue weighted by Gasteiger charge is 2.29. The zero-order chi connectivity index (χ0) is 94.9. The Morgan fingerprint density at radius 1 is 0.130 bits per heavy atom. The van der Waals surface area contributed by atoms with Gasteiger partial charge >= 0.3 is 0 Å². The van der Waals surface area contributed by atoms with Crippen LogP contribution < -0.4 is 0 Å². The monoisotopic (exact) mass is 1900 g/mol. The van der Waals surface area contributed by atoms with Crippen molar-refractivity contribution in [2.75, 3.05) is 0 Å². The molecular weight excluding hydrogens is 1820 g/mol. The summed E-state index contributed by atoms with van der Waals surface area (Å²) in [6.07, 6.45) is 0. The molecule has 6 aromatic heterocycles. The molecule has 6 heteroatoms. The van der Waals surface area contributed by atoms with E-state index in [1.807, 2.05) is 34.0 Å². The van der Waals surface area contributed by atoms with E-state index in [0.29, 0.717) is 0 Å². The highest BCUT2D eigenvalue weighted by Crippen LogP contribution is 2.54. The van der Waals surface area contributed by atoms with Crippen molar-refractivity contribution in [2.24, 2.45) is 0 Å². The standard InChI is InChI=1S/C54H31NS.C46H25NS.C40H23NS/c1-3-12-39-32(10-1)21-23-36-28-47-38(30-45(36)39)27-37-26-34-22-20-33-11-2-4-13-40(33)46(34)31-48(37)53(47)55-50-18-7-5-14-42(50)49-29-35(24-25-51(49)55)41-16-9-17-44-43-15-6-8-19-52(43)56-54(41)44;1-3-13-39-33(8-1)37-24-29(32-10-6-12-36-34-9-2-4-14-41(34)48-46(32)36)21-22-40(37)47(39)31-23-30-20-19-28-18-17-27-16-15-26-7-5-11-35-38(25-31)43(30)45(28)44(27)42(26)35;1-2-11-29-28(10-1)32-15-7-9-25-21-26(23-35(29)39(25)32)41-36-17-5-3-12-30(36)34-22-24(19-20-37(34)41)27-14-8-16-33-31-13-4-6-18-38(31)42-40(27)33/h1-31H;1-25H;1-23H. The predicted molar refractivity (Wildman–Crippen MR) is 634 cm³/mol. The highest BCUT2D eigenvalue weighted by atomic mass is 32.1. The second-order valence-electron chi connectivity index (χ2n) is 39.8. The first-order valence-corrected chi connectivity index (χ1v) is 52.8. The van der Waals surface area contributed by atoms with Gasteiger partial charge < -0.3 is 13.7 Å². The van der Waals surface area contributed by atoms with E-state index >= 15 is 0 Å². The van der Waals surface area contributed by atoms with Crippen LogP contribution in [0.15, 0.2) is 479 Å². The molecule has 0 spiro atoms. The lowest BCUT2D eigenvalue weighted by molar-refractivity contribution is 1.19. The van der Waals surface area contributed by atoms with Crippen LogP contribution in [0, 0.1) is 0 Å². The summed E-state index contributed by atoms with van der Waals surface area (Å²) in [6.45, 7) is 0. The zero-order valence-corrected chi connectivity index (χ0v) is 81.1. The Kier molecular flexibility index (Phi) is 16.9. The van der Waals surface area contributed by atoms with Crippen molar-refractivity contribution < 1.29 is 0 Å². The first kappa shape index (κ1) is 80.5. The first-order chi connectivity index (χ1) is 72.4. The van der Waals surface area contributed by atoms with Gasteiger partial charge in [0.2, 0.25) is 0 Å². The summed E-state index contributed by atoms with van der Waals surface area (Å²) in [6, 6.07) is 179. The molecule has 1 aliphatic carbocycles. The summed E-state index contributed by atoms with van der Waals surface area (Å²) in [7, 11) is 0. The van der Waals surface area contributed by atoms with E-state index in [4.69, 9.17) is 0 Å². The molecule has 0 amide bonds. The topological polar surface area (TPSA) is 14.8 Å². The van der Waals surface area contributed by atoms with Crippen LogP contribution in [0.25, 0.3) is 328 Å². The molecule has 0 radical (unpaired) electrons. The fourth-order valence-electron chi connectivity index (χ4n) is 25.8. The molecule has 0 fully saturated rings. The summed E-state index contributed by atoms with van der Waals surface area (Å²) in [4.78, 5) is 0. The minimum absolute atomic E-state index is 1.20. The summed E-state index contributed by atoms with van der Waals surface area (Å²) in [5.74, 6) is 0. The minimum Gasteiger partial charge on any atom is -0.309 e. The van der Waals surface area contributed by atoms with Crippen LogP contribution in [0.4, 0.5) is 0 Å². The van der Waals surface area contributed by atoms with Crippen LogP contribution in [-0.2, 0) is 0 Å². The van der Waals surface area contributed by atoms with Crippen LogP contribution in [-0.4, -0.2) is 13.7 Å². The van der Waals surface area contributed by atoms with Crippen LogP contribution in [0.5, 0.6) is 0 Å². The van der Waals surface area contributed by atoms with Crippen molar-refractivity contribution in [2.45, 2.75) is 0 Å². The van der Waals surface area contributed by atoms with Crippen molar-refractivity contribution >= 4 is 289 Å². The highest BCUT2D eigenvalue weighted by molar-refractivity contribution is 7.27. The Morgan fingerprint density at radius 3 is 0.986 bits per heavy atom. The van der Waals surface area contributed by atoms with Gasteiger partial charge in [0.15, 0.2) is 0 Å². The van der Waals surface area contributed by atoms with E-state index in [1.54, 1.807) is 0 Å². The second-order valence-corrected chi connectivity index (χ2v) is 43.0. The molecule has 672 valence electrons. The van der Waals surface area contributed by atoms with Gasteiger partial charge in [-0.25, -0.2) is 0 Å². The van der Waals surface area contributed by atoms with Crippen LogP contribution in [0.2, 0.25) is 0 Å². The number of para-hydroxylation sites is 3. The van der Waals surface area contributed by atoms with Crippen molar-refractivity contribution in [1.82, 2.24) is 13.7 Å². The summed E-state index contributed by atoms with van der Waals surface area (Å²) >= 11 is 5.68. The fourth-order valence-corrected chi connectivity index (χ4v) is 29.6. The van der Waals surface area contributed by atoms with Crippen molar-refractivity contribution in [3.63, 3.8) is 0 Å². The number of fused-ring (bicyclic) bond motifs is 30. The Labute approximate surface area is 847 Å². The quantitative estimate of drug-likeness (QED) is 0.116. The molecule has 0 atom stereocenters. The van der Waals surface area contributed by atoms with Gasteiger partial charge in [-0.05, 0) is 302 Å². The summed E-state index contributed by atoms with van der Waals surface area (Å²) in [5, 5.41) is 46.9. The molecule has 146 heavy (non-hydrogen) atoms. The molecule has 35 rings (SSSR count). The maximum atomic E-state index is 2.56. The van der Waals surface area contributed by atoms with Crippen LogP contribution >= 0.6 is 34.0 Å². The third-order valence-electron chi connectivity index (χ3n) is 32.2. The Bertz CT molecular complexity index is 11700. The molecule has 0 aliphatic heterocycles. The van der Waals surface area contributed by atoms with Gasteiger partial charge in [-0.1, -0.05) is 352 Å². The van der Waals surface area contributed by atoms with Crippen molar-refractivity contribution in [3.8, 4) is 72.7 Å². The van der Waals surface area contributed by atoms with Gasteiger partial charge in [0, 0.05) is 115 Å². The first-order valence-electron chi connectivity index (χ1n) is 50.4. The van der Waals surface area contributed by atoms with Gasteiger partial charge in [-0.15, -0.1) is 34.0 Å². The van der Waals surface area contributed by atoms with Gasteiger partial charge in [-0.3, -0.25) is 0 Å². The maximum absolute atomic E-state index is 2.56. The van der Waals surface area contributed by atoms with Gasteiger partial charge in [0.25, 0.3) is 0 Å². The average Bonchev–Trinajstić information content (AvgIpc) is 0.939. The van der Waals surface area contributed by atoms with Crippen molar-refractivity contribution in [3.05, 3.63) is 479 Å². The molecule has 0 N–H and O–H groups in total. The number of nitrogens with zero attached hydrogens (tertiary/aromatic N) is 3. The molecule has 1 aliphatic rings. The number of aromatic nitrogens is 3. The summed E-state index contributed by atoms with van der Waals surface area (Å²) < 4.78 is 15.6. The van der Waals surface area contributed by atoms with E-state index in [9.17, 15) is 0 Å². The SMILES string of the molecule is c1ccc2c(c1)-c1cccc3cc(-n4c5ccccc5c5cc(-c6cccc7c6sc6ccccc67)ccc54)cc-2c13.c1ccc2c(c1)ccc1cc3c(-n4c5ccccc5c5cc(-c6cccc7c6sc6ccccc67)ccc54)c4cc5c(ccc6ccccc65)cc4cc3cc12.c1ccc2c(c1)sc1c(-c3ccc4c(c3)c3ccccc3n4-c3cc4ccc5ccc6ccc7cccc8c(c3)c4c5c6c78)cccc12. The molecule has 0 unspecified atom stereocenters. The number of thiophene rings is 3. The average molecular weight is 1900 g/mol. The van der Waals surface area contributed by atoms with Gasteiger partial charge in [0.05, 0.1) is 38.8 Å². The molecule has 0 saturated carbocycles. The van der Waals surface area contributed by atoms with E-state index in [0.717, 1.165) is 0 Å². The number of hydrogen-bond acceptors (Lipinski definition) is 3. The number of hydrogen-bond donors (Lipinski definition) is 0. The maximum Gasteiger partial charge on any atom is 0.0619 e. The third-order valence-corrected chi connectivity index (χ3v) is 35.9. The lowest BCUT2D eigenvalue weighted by atomic mass is 9.85. The second kappa shape index (κ2) is 30.7. The Balaban J connectivity index is 0.0000000967. The predicted octanol–water partition coefficient (Wildman–Crippen LogP) is 40.8. The largest absolute Gasteiger partial charge is 0.309 e. The van der Waals surface area contributed by atoms with Gasteiger partial charge in [-0.2, -0.15) is 0 Å². The van der Waals surface area contributed by atoms with E-state index in [-0.39, 0.29) is 0 Å². The molecule has 3 nitrogen and oxygen atoms in total.